The SMILES string of the molecule is Cc1ccc(C(=O)N2C[C@H](CN3CCN(c4ccc(F)cc4)CC3)[C@H](c3ccccc3)C2)cc1. The van der Waals surface area contributed by atoms with E-state index in [9.17, 15) is 9.18 Å². The lowest BCUT2D eigenvalue weighted by molar-refractivity contribution is 0.0782. The largest absolute Gasteiger partial charge is 0.369 e. The summed E-state index contributed by atoms with van der Waals surface area (Å²) in [5.41, 5.74) is 4.33. The molecule has 0 N–H and O–H groups in total. The van der Waals surface area contributed by atoms with E-state index < -0.39 is 0 Å². The molecule has 2 aliphatic rings. The van der Waals surface area contributed by atoms with Gasteiger partial charge in [-0.3, -0.25) is 9.69 Å². The Morgan fingerprint density at radius 3 is 2.21 bits per heavy atom. The zero-order chi connectivity index (χ0) is 23.5. The second kappa shape index (κ2) is 9.98. The van der Waals surface area contributed by atoms with Crippen LogP contribution in [0.1, 0.15) is 27.4 Å². The molecule has 34 heavy (non-hydrogen) atoms. The highest BCUT2D eigenvalue weighted by molar-refractivity contribution is 5.94. The van der Waals surface area contributed by atoms with Gasteiger partial charge in [-0.1, -0.05) is 48.0 Å². The minimum Gasteiger partial charge on any atom is -0.369 e. The quantitative estimate of drug-likeness (QED) is 0.550. The van der Waals surface area contributed by atoms with Crippen LogP contribution in [0.3, 0.4) is 0 Å². The zero-order valence-electron chi connectivity index (χ0n) is 19.7. The van der Waals surface area contributed by atoms with Gasteiger partial charge in [0.25, 0.3) is 5.91 Å². The van der Waals surface area contributed by atoms with Crippen molar-refractivity contribution in [2.24, 2.45) is 5.92 Å². The lowest BCUT2D eigenvalue weighted by Crippen LogP contribution is -2.48. The van der Waals surface area contributed by atoms with Gasteiger partial charge in [0.1, 0.15) is 5.82 Å². The van der Waals surface area contributed by atoms with Crippen LogP contribution in [0.4, 0.5) is 10.1 Å². The monoisotopic (exact) mass is 457 g/mol. The van der Waals surface area contributed by atoms with Crippen LogP contribution in [-0.2, 0) is 0 Å². The summed E-state index contributed by atoms with van der Waals surface area (Å²) in [5, 5.41) is 0. The number of likely N-dealkylation sites (tertiary alicyclic amines) is 1. The van der Waals surface area contributed by atoms with Crippen LogP contribution in [0, 0.1) is 18.7 Å². The predicted molar refractivity (Wildman–Crippen MR) is 135 cm³/mol. The Labute approximate surface area is 201 Å². The fraction of sp³-hybridized carbons (Fsp3) is 0.345. The molecule has 0 spiro atoms. The summed E-state index contributed by atoms with van der Waals surface area (Å²) in [4.78, 5) is 20.2. The minimum absolute atomic E-state index is 0.129. The Hall–Kier alpha value is -3.18. The zero-order valence-corrected chi connectivity index (χ0v) is 19.7. The van der Waals surface area contributed by atoms with Gasteiger partial charge in [-0.2, -0.15) is 0 Å². The molecule has 2 heterocycles. The van der Waals surface area contributed by atoms with Crippen molar-refractivity contribution in [2.75, 3.05) is 50.7 Å². The summed E-state index contributed by atoms with van der Waals surface area (Å²) in [6.45, 7) is 8.38. The van der Waals surface area contributed by atoms with Crippen LogP contribution in [0.2, 0.25) is 0 Å². The molecule has 176 valence electrons. The van der Waals surface area contributed by atoms with Crippen LogP contribution < -0.4 is 4.90 Å². The van der Waals surface area contributed by atoms with E-state index in [0.29, 0.717) is 11.8 Å². The summed E-state index contributed by atoms with van der Waals surface area (Å²) >= 11 is 0. The lowest BCUT2D eigenvalue weighted by Gasteiger charge is -2.37. The van der Waals surface area contributed by atoms with E-state index in [1.54, 1.807) is 0 Å². The standard InChI is InChI=1S/C29H32FN3O/c1-22-7-9-24(10-8-22)29(34)33-20-25(28(21-33)23-5-3-2-4-6-23)19-31-15-17-32(18-16-31)27-13-11-26(30)12-14-27/h2-14,25,28H,15-21H2,1H3/t25-,28-/m0/s1. The number of rotatable bonds is 5. The number of hydrogen-bond acceptors (Lipinski definition) is 3. The number of anilines is 1. The van der Waals surface area contributed by atoms with Crippen molar-refractivity contribution in [3.63, 3.8) is 0 Å². The number of benzene rings is 3. The van der Waals surface area contributed by atoms with Crippen molar-refractivity contribution in [1.29, 1.82) is 0 Å². The van der Waals surface area contributed by atoms with Crippen LogP contribution in [0.15, 0.2) is 78.9 Å². The molecule has 1 amide bonds. The van der Waals surface area contributed by atoms with Crippen LogP contribution in [-0.4, -0.2) is 61.5 Å². The van der Waals surface area contributed by atoms with Crippen molar-refractivity contribution < 1.29 is 9.18 Å². The van der Waals surface area contributed by atoms with Crippen molar-refractivity contribution in [3.8, 4) is 0 Å². The second-order valence-corrected chi connectivity index (χ2v) is 9.62. The predicted octanol–water partition coefficient (Wildman–Crippen LogP) is 4.81. The first-order valence-corrected chi connectivity index (χ1v) is 12.2. The third kappa shape index (κ3) is 5.00. The molecule has 0 saturated carbocycles. The van der Waals surface area contributed by atoms with E-state index >= 15 is 0 Å². The third-order valence-electron chi connectivity index (χ3n) is 7.31. The molecular formula is C29H32FN3O. The Morgan fingerprint density at radius 2 is 1.53 bits per heavy atom. The van der Waals surface area contributed by atoms with E-state index in [2.05, 4.69) is 40.1 Å². The van der Waals surface area contributed by atoms with E-state index in [1.165, 1.54) is 17.7 Å². The lowest BCUT2D eigenvalue weighted by atomic mass is 9.88. The Morgan fingerprint density at radius 1 is 0.853 bits per heavy atom. The summed E-state index contributed by atoms with van der Waals surface area (Å²) in [6, 6.07) is 25.3. The third-order valence-corrected chi connectivity index (χ3v) is 7.31. The maximum absolute atomic E-state index is 13.3. The number of aryl methyl sites for hydroxylation is 1. The number of amides is 1. The molecule has 2 aliphatic heterocycles. The summed E-state index contributed by atoms with van der Waals surface area (Å²) < 4.78 is 13.3. The van der Waals surface area contributed by atoms with Gasteiger partial charge in [-0.25, -0.2) is 4.39 Å². The highest BCUT2D eigenvalue weighted by atomic mass is 19.1. The molecule has 5 rings (SSSR count). The number of piperazine rings is 1. The highest BCUT2D eigenvalue weighted by Crippen LogP contribution is 2.34. The number of carbonyl (C=O) groups excluding carboxylic acids is 1. The van der Waals surface area contributed by atoms with Gasteiger partial charge in [-0.05, 0) is 54.8 Å². The molecule has 5 heteroatoms. The molecule has 0 bridgehead atoms. The normalized spacial score (nSPS) is 21.1. The van der Waals surface area contributed by atoms with Gasteiger partial charge < -0.3 is 9.80 Å². The highest BCUT2D eigenvalue weighted by Gasteiger charge is 2.37. The molecule has 2 saturated heterocycles. The van der Waals surface area contributed by atoms with Gasteiger partial charge in [0, 0.05) is 63.0 Å². The van der Waals surface area contributed by atoms with Gasteiger partial charge in [-0.15, -0.1) is 0 Å². The van der Waals surface area contributed by atoms with E-state index in [4.69, 9.17) is 0 Å². The Balaban J connectivity index is 1.26. The fourth-order valence-corrected chi connectivity index (χ4v) is 5.35. The molecule has 0 aromatic heterocycles. The van der Waals surface area contributed by atoms with Crippen molar-refractivity contribution in [2.45, 2.75) is 12.8 Å². The molecule has 4 nitrogen and oxygen atoms in total. The first kappa shape index (κ1) is 22.6. The number of carbonyl (C=O) groups is 1. The van der Waals surface area contributed by atoms with Crippen LogP contribution in [0.5, 0.6) is 0 Å². The van der Waals surface area contributed by atoms with Gasteiger partial charge >= 0.3 is 0 Å². The van der Waals surface area contributed by atoms with Crippen molar-refractivity contribution >= 4 is 11.6 Å². The van der Waals surface area contributed by atoms with Crippen molar-refractivity contribution in [3.05, 3.63) is 101 Å². The molecule has 0 aliphatic carbocycles. The summed E-state index contributed by atoms with van der Waals surface area (Å²) in [6.07, 6.45) is 0. The van der Waals surface area contributed by atoms with Crippen molar-refractivity contribution in [1.82, 2.24) is 9.80 Å². The van der Waals surface area contributed by atoms with Gasteiger partial charge in [0.05, 0.1) is 0 Å². The van der Waals surface area contributed by atoms with E-state index in [1.807, 2.05) is 48.2 Å². The minimum atomic E-state index is -0.194. The van der Waals surface area contributed by atoms with Gasteiger partial charge in [0.2, 0.25) is 0 Å². The molecule has 3 aromatic rings. The average molecular weight is 458 g/mol. The van der Waals surface area contributed by atoms with Crippen LogP contribution in [0.25, 0.3) is 0 Å². The fourth-order valence-electron chi connectivity index (χ4n) is 5.35. The summed E-state index contributed by atoms with van der Waals surface area (Å²) in [5.74, 6) is 0.671. The Bertz CT molecular complexity index is 1090. The first-order chi connectivity index (χ1) is 16.6. The molecule has 2 fully saturated rings. The molecule has 0 radical (unpaired) electrons. The number of nitrogens with zero attached hydrogens (tertiary/aromatic N) is 3. The number of hydrogen-bond donors (Lipinski definition) is 0. The van der Waals surface area contributed by atoms with Gasteiger partial charge in [0.15, 0.2) is 0 Å². The Kier molecular flexibility index (Phi) is 6.63. The maximum Gasteiger partial charge on any atom is 0.253 e. The van der Waals surface area contributed by atoms with E-state index in [-0.39, 0.29) is 11.7 Å². The van der Waals surface area contributed by atoms with E-state index in [0.717, 1.165) is 62.6 Å². The second-order valence-electron chi connectivity index (χ2n) is 9.62. The molecule has 0 unspecified atom stereocenters. The number of halogens is 1. The van der Waals surface area contributed by atoms with Crippen LogP contribution >= 0.6 is 0 Å². The topological polar surface area (TPSA) is 26.8 Å². The maximum atomic E-state index is 13.3. The molecule has 2 atom stereocenters. The average Bonchev–Trinajstić information content (AvgIpc) is 3.29. The summed E-state index contributed by atoms with van der Waals surface area (Å²) in [7, 11) is 0. The smallest absolute Gasteiger partial charge is 0.253 e. The molecular weight excluding hydrogens is 425 g/mol. The molecule has 3 aromatic carbocycles. The first-order valence-electron chi connectivity index (χ1n) is 12.2.